The quantitative estimate of drug-likeness (QED) is 0.935. The molecule has 0 bridgehead atoms. The lowest BCUT2D eigenvalue weighted by atomic mass is 10.1. The molecule has 100 valence electrons. The van der Waals surface area contributed by atoms with E-state index in [1.807, 2.05) is 19.9 Å². The van der Waals surface area contributed by atoms with E-state index in [-0.39, 0.29) is 11.9 Å². The van der Waals surface area contributed by atoms with Crippen LogP contribution in [0.5, 0.6) is 0 Å². The van der Waals surface area contributed by atoms with Gasteiger partial charge in [-0.15, -0.1) is 0 Å². The Hall–Kier alpha value is -1.33. The highest BCUT2D eigenvalue weighted by molar-refractivity contribution is 9.10. The van der Waals surface area contributed by atoms with Crippen molar-refractivity contribution in [3.05, 3.63) is 57.8 Å². The molecule has 0 aliphatic carbocycles. The summed E-state index contributed by atoms with van der Waals surface area (Å²) in [6, 6.07) is 6.70. The number of nitrogens with one attached hydrogen (secondary N) is 1. The van der Waals surface area contributed by atoms with E-state index in [1.165, 1.54) is 12.1 Å². The van der Waals surface area contributed by atoms with Gasteiger partial charge in [0, 0.05) is 23.3 Å². The van der Waals surface area contributed by atoms with Crippen LogP contribution in [-0.2, 0) is 6.54 Å². The van der Waals surface area contributed by atoms with Crippen LogP contribution in [0.15, 0.2) is 34.9 Å². The maximum absolute atomic E-state index is 13.0. The van der Waals surface area contributed by atoms with Gasteiger partial charge < -0.3 is 5.32 Å². The van der Waals surface area contributed by atoms with Crippen molar-refractivity contribution in [1.29, 1.82) is 0 Å². The van der Waals surface area contributed by atoms with Gasteiger partial charge in [0.15, 0.2) is 0 Å². The summed E-state index contributed by atoms with van der Waals surface area (Å²) in [5, 5.41) is 3.36. The Morgan fingerprint density at radius 2 is 2.16 bits per heavy atom. The number of nitrogens with zero attached hydrogens (tertiary/aromatic N) is 2. The summed E-state index contributed by atoms with van der Waals surface area (Å²) in [5.74, 6) is 0.518. The van der Waals surface area contributed by atoms with E-state index >= 15 is 0 Å². The molecular formula is C14H15BrFN3. The van der Waals surface area contributed by atoms with Crippen molar-refractivity contribution in [1.82, 2.24) is 15.3 Å². The van der Waals surface area contributed by atoms with E-state index in [2.05, 4.69) is 31.2 Å². The lowest BCUT2D eigenvalue weighted by molar-refractivity contribution is 0.561. The van der Waals surface area contributed by atoms with Gasteiger partial charge in [-0.05, 0) is 37.6 Å². The van der Waals surface area contributed by atoms with Crippen molar-refractivity contribution in [2.75, 3.05) is 0 Å². The molecule has 0 fully saturated rings. The molecule has 2 aromatic rings. The number of aryl methyl sites for hydroxylation is 1. The molecule has 0 aliphatic rings. The van der Waals surface area contributed by atoms with Crippen molar-refractivity contribution in [2.24, 2.45) is 0 Å². The number of benzene rings is 1. The first-order chi connectivity index (χ1) is 9.06. The van der Waals surface area contributed by atoms with Gasteiger partial charge in [-0.3, -0.25) is 0 Å². The molecule has 1 N–H and O–H groups in total. The number of hydrogen-bond donors (Lipinski definition) is 1. The predicted molar refractivity (Wildman–Crippen MR) is 76.1 cm³/mol. The Balaban J connectivity index is 2.03. The second-order valence-electron chi connectivity index (χ2n) is 4.36. The monoisotopic (exact) mass is 323 g/mol. The molecule has 0 spiro atoms. The smallest absolute Gasteiger partial charge is 0.125 e. The minimum absolute atomic E-state index is 0.102. The lowest BCUT2D eigenvalue weighted by Gasteiger charge is -2.15. The first-order valence-corrected chi connectivity index (χ1v) is 6.82. The average molecular weight is 324 g/mol. The largest absolute Gasteiger partial charge is 0.305 e. The zero-order valence-corrected chi connectivity index (χ0v) is 12.4. The molecular weight excluding hydrogens is 309 g/mol. The molecule has 0 saturated carbocycles. The molecule has 19 heavy (non-hydrogen) atoms. The van der Waals surface area contributed by atoms with Gasteiger partial charge in [-0.25, -0.2) is 14.4 Å². The second-order valence-corrected chi connectivity index (χ2v) is 5.22. The van der Waals surface area contributed by atoms with E-state index in [0.717, 1.165) is 21.6 Å². The van der Waals surface area contributed by atoms with E-state index in [9.17, 15) is 4.39 Å². The van der Waals surface area contributed by atoms with E-state index < -0.39 is 0 Å². The van der Waals surface area contributed by atoms with Gasteiger partial charge in [0.1, 0.15) is 11.6 Å². The van der Waals surface area contributed by atoms with Crippen LogP contribution in [0.25, 0.3) is 0 Å². The minimum atomic E-state index is -0.241. The molecule has 2 rings (SSSR count). The van der Waals surface area contributed by atoms with Gasteiger partial charge in [0.25, 0.3) is 0 Å². The molecule has 0 aliphatic heterocycles. The fourth-order valence-corrected chi connectivity index (χ4v) is 2.52. The maximum atomic E-state index is 13.0. The topological polar surface area (TPSA) is 37.8 Å². The normalized spacial score (nSPS) is 12.4. The summed E-state index contributed by atoms with van der Waals surface area (Å²) < 4.78 is 13.8. The van der Waals surface area contributed by atoms with Gasteiger partial charge in [-0.1, -0.05) is 22.0 Å². The Labute approximate surface area is 120 Å². The predicted octanol–water partition coefficient (Wildman–Crippen LogP) is 3.54. The third-order valence-electron chi connectivity index (χ3n) is 2.85. The molecule has 0 amide bonds. The van der Waals surface area contributed by atoms with Gasteiger partial charge in [0.2, 0.25) is 0 Å². The van der Waals surface area contributed by atoms with Crippen molar-refractivity contribution in [2.45, 2.75) is 26.4 Å². The Morgan fingerprint density at radius 1 is 1.37 bits per heavy atom. The first kappa shape index (κ1) is 14.1. The van der Waals surface area contributed by atoms with Gasteiger partial charge in [0.05, 0.1) is 5.69 Å². The summed E-state index contributed by atoms with van der Waals surface area (Å²) in [4.78, 5) is 8.39. The third kappa shape index (κ3) is 3.81. The number of rotatable bonds is 4. The van der Waals surface area contributed by atoms with Crippen LogP contribution in [0.4, 0.5) is 4.39 Å². The van der Waals surface area contributed by atoms with Crippen molar-refractivity contribution < 1.29 is 4.39 Å². The summed E-state index contributed by atoms with van der Waals surface area (Å²) >= 11 is 3.38. The van der Waals surface area contributed by atoms with Crippen LogP contribution in [0.1, 0.15) is 30.0 Å². The Kier molecular flexibility index (Phi) is 4.61. The maximum Gasteiger partial charge on any atom is 0.125 e. The van der Waals surface area contributed by atoms with E-state index in [0.29, 0.717) is 6.54 Å². The summed E-state index contributed by atoms with van der Waals surface area (Å²) in [7, 11) is 0. The highest BCUT2D eigenvalue weighted by atomic mass is 79.9. The van der Waals surface area contributed by atoms with E-state index in [4.69, 9.17) is 0 Å². The third-order valence-corrected chi connectivity index (χ3v) is 3.54. The highest BCUT2D eigenvalue weighted by Crippen LogP contribution is 2.24. The lowest BCUT2D eigenvalue weighted by Crippen LogP contribution is -2.19. The standard InChI is InChI=1S/C14H15BrFN3/c1-9(13-4-3-11(16)7-14(13)15)18-8-12-5-6-17-10(2)19-12/h3-7,9,18H,8H2,1-2H3. The SMILES string of the molecule is Cc1nccc(CNC(C)c2ccc(F)cc2Br)n1. The van der Waals surface area contributed by atoms with Crippen LogP contribution in [0.3, 0.4) is 0 Å². The zero-order valence-electron chi connectivity index (χ0n) is 10.8. The molecule has 3 nitrogen and oxygen atoms in total. The van der Waals surface area contributed by atoms with Crippen LogP contribution in [-0.4, -0.2) is 9.97 Å². The summed E-state index contributed by atoms with van der Waals surface area (Å²) in [6.45, 7) is 4.55. The molecule has 1 aromatic carbocycles. The minimum Gasteiger partial charge on any atom is -0.305 e. The Bertz CT molecular complexity index is 574. The average Bonchev–Trinajstić information content (AvgIpc) is 2.36. The van der Waals surface area contributed by atoms with Crippen LogP contribution < -0.4 is 5.32 Å². The molecule has 1 aromatic heterocycles. The van der Waals surface area contributed by atoms with Crippen molar-refractivity contribution in [3.63, 3.8) is 0 Å². The summed E-state index contributed by atoms with van der Waals surface area (Å²) in [5.41, 5.74) is 1.96. The van der Waals surface area contributed by atoms with E-state index in [1.54, 1.807) is 12.3 Å². The molecule has 0 radical (unpaired) electrons. The second kappa shape index (κ2) is 6.21. The van der Waals surface area contributed by atoms with Crippen LogP contribution >= 0.6 is 15.9 Å². The van der Waals surface area contributed by atoms with Gasteiger partial charge in [-0.2, -0.15) is 0 Å². The summed E-state index contributed by atoms with van der Waals surface area (Å²) in [6.07, 6.45) is 1.75. The number of halogens is 2. The molecule has 1 atom stereocenters. The van der Waals surface area contributed by atoms with Crippen molar-refractivity contribution >= 4 is 15.9 Å². The Morgan fingerprint density at radius 3 is 2.84 bits per heavy atom. The van der Waals surface area contributed by atoms with Gasteiger partial charge >= 0.3 is 0 Å². The van der Waals surface area contributed by atoms with Crippen molar-refractivity contribution in [3.8, 4) is 0 Å². The van der Waals surface area contributed by atoms with Crippen LogP contribution in [0, 0.1) is 12.7 Å². The number of hydrogen-bond acceptors (Lipinski definition) is 3. The first-order valence-electron chi connectivity index (χ1n) is 6.03. The van der Waals surface area contributed by atoms with Crippen LogP contribution in [0.2, 0.25) is 0 Å². The highest BCUT2D eigenvalue weighted by Gasteiger charge is 2.10. The molecule has 0 saturated heterocycles. The fraction of sp³-hybridized carbons (Fsp3) is 0.286. The molecule has 1 unspecified atom stereocenters. The fourth-order valence-electron chi connectivity index (χ4n) is 1.82. The zero-order chi connectivity index (χ0) is 13.8. The molecule has 1 heterocycles. The molecule has 5 heteroatoms. The number of aromatic nitrogens is 2.